The third-order valence-electron chi connectivity index (χ3n) is 4.91. The fourth-order valence-corrected chi connectivity index (χ4v) is 3.91. The fraction of sp³-hybridized carbons (Fsp3) is 0.120. The van der Waals surface area contributed by atoms with Crippen LogP contribution in [0, 0.1) is 6.92 Å². The number of hydrogen-bond acceptors (Lipinski definition) is 6. The number of aromatic nitrogens is 3. The Morgan fingerprint density at radius 1 is 1.03 bits per heavy atom. The van der Waals surface area contributed by atoms with E-state index in [0.717, 1.165) is 28.1 Å². The Balaban J connectivity index is 1.51. The molecule has 0 spiro atoms. The quantitative estimate of drug-likeness (QED) is 0.239. The van der Waals surface area contributed by atoms with Gasteiger partial charge in [-0.1, -0.05) is 66.4 Å². The zero-order valence-corrected chi connectivity index (χ0v) is 19.1. The summed E-state index contributed by atoms with van der Waals surface area (Å²) >= 11 is 1.30. The van der Waals surface area contributed by atoms with Gasteiger partial charge in [0.1, 0.15) is 5.75 Å². The van der Waals surface area contributed by atoms with Crippen LogP contribution >= 0.6 is 11.8 Å². The van der Waals surface area contributed by atoms with Gasteiger partial charge in [0.15, 0.2) is 11.0 Å². The number of aryl methyl sites for hydroxylation is 1. The van der Waals surface area contributed by atoms with Crippen LogP contribution < -0.4 is 10.2 Å². The number of amides is 1. The van der Waals surface area contributed by atoms with Crippen LogP contribution in [0.1, 0.15) is 11.1 Å². The van der Waals surface area contributed by atoms with Crippen molar-refractivity contribution in [2.24, 2.45) is 5.10 Å². The largest absolute Gasteiger partial charge is 0.497 e. The normalized spacial score (nSPS) is 11.0. The molecule has 4 rings (SSSR count). The monoisotopic (exact) mass is 457 g/mol. The van der Waals surface area contributed by atoms with Gasteiger partial charge in [-0.2, -0.15) is 5.10 Å². The van der Waals surface area contributed by atoms with Crippen molar-refractivity contribution in [1.29, 1.82) is 0 Å². The summed E-state index contributed by atoms with van der Waals surface area (Å²) in [7, 11) is 1.63. The molecule has 1 N–H and O–H groups in total. The number of ether oxygens (including phenoxy) is 1. The highest BCUT2D eigenvalue weighted by atomic mass is 32.2. The van der Waals surface area contributed by atoms with E-state index in [-0.39, 0.29) is 11.7 Å². The molecule has 0 saturated carbocycles. The number of nitrogens with zero attached hydrogens (tertiary/aromatic N) is 4. The van der Waals surface area contributed by atoms with Crippen LogP contribution in [0.4, 0.5) is 0 Å². The van der Waals surface area contributed by atoms with Crippen LogP contribution in [0.15, 0.2) is 89.1 Å². The SMILES string of the molecule is COc1ccc(-n2c(SCC(=O)N/N=C\c3ccccc3C)nnc2-c2ccccc2)cc1. The van der Waals surface area contributed by atoms with Crippen molar-refractivity contribution in [1.82, 2.24) is 20.2 Å². The second kappa shape index (κ2) is 10.6. The minimum atomic E-state index is -0.227. The maximum absolute atomic E-state index is 12.4. The Hall–Kier alpha value is -3.91. The van der Waals surface area contributed by atoms with Gasteiger partial charge in [-0.25, -0.2) is 5.43 Å². The molecule has 1 aromatic heterocycles. The lowest BCUT2D eigenvalue weighted by Crippen LogP contribution is -2.20. The van der Waals surface area contributed by atoms with Crippen LogP contribution in [0.3, 0.4) is 0 Å². The zero-order valence-electron chi connectivity index (χ0n) is 18.3. The number of hydrazone groups is 1. The minimum Gasteiger partial charge on any atom is -0.497 e. The molecule has 0 fully saturated rings. The van der Waals surface area contributed by atoms with Gasteiger partial charge in [0.2, 0.25) is 0 Å². The molecule has 3 aromatic carbocycles. The van der Waals surface area contributed by atoms with E-state index in [0.29, 0.717) is 11.0 Å². The number of methoxy groups -OCH3 is 1. The highest BCUT2D eigenvalue weighted by molar-refractivity contribution is 7.99. The Labute approximate surface area is 196 Å². The number of carbonyl (C=O) groups is 1. The number of rotatable bonds is 8. The first kappa shape index (κ1) is 22.3. The van der Waals surface area contributed by atoms with Crippen LogP contribution in [-0.4, -0.2) is 39.7 Å². The molecule has 33 heavy (non-hydrogen) atoms. The average molecular weight is 458 g/mol. The highest BCUT2D eigenvalue weighted by Gasteiger charge is 2.17. The van der Waals surface area contributed by atoms with Gasteiger partial charge in [-0.3, -0.25) is 9.36 Å². The van der Waals surface area contributed by atoms with Gasteiger partial charge in [-0.15, -0.1) is 10.2 Å². The predicted molar refractivity (Wildman–Crippen MR) is 131 cm³/mol. The number of benzene rings is 3. The molecular formula is C25H23N5O2S. The third-order valence-corrected chi connectivity index (χ3v) is 5.84. The van der Waals surface area contributed by atoms with E-state index >= 15 is 0 Å². The van der Waals surface area contributed by atoms with E-state index < -0.39 is 0 Å². The summed E-state index contributed by atoms with van der Waals surface area (Å²) < 4.78 is 7.21. The molecular weight excluding hydrogens is 434 g/mol. The van der Waals surface area contributed by atoms with Crippen molar-refractivity contribution >= 4 is 23.9 Å². The smallest absolute Gasteiger partial charge is 0.250 e. The summed E-state index contributed by atoms with van der Waals surface area (Å²) in [5.41, 5.74) is 6.43. The Kier molecular flexibility index (Phi) is 7.16. The van der Waals surface area contributed by atoms with Crippen LogP contribution in [0.2, 0.25) is 0 Å². The lowest BCUT2D eigenvalue weighted by molar-refractivity contribution is -0.118. The van der Waals surface area contributed by atoms with Crippen LogP contribution in [-0.2, 0) is 4.79 Å². The third kappa shape index (κ3) is 5.48. The molecule has 1 heterocycles. The molecule has 7 nitrogen and oxygen atoms in total. The first-order valence-corrected chi connectivity index (χ1v) is 11.3. The molecule has 8 heteroatoms. The first-order chi connectivity index (χ1) is 16.2. The van der Waals surface area contributed by atoms with E-state index in [1.807, 2.05) is 90.4 Å². The molecule has 166 valence electrons. The fourth-order valence-electron chi connectivity index (χ4n) is 3.17. The molecule has 0 aliphatic heterocycles. The maximum Gasteiger partial charge on any atom is 0.250 e. The van der Waals surface area contributed by atoms with Crippen molar-refractivity contribution in [3.63, 3.8) is 0 Å². The molecule has 0 unspecified atom stereocenters. The number of nitrogens with one attached hydrogen (secondary N) is 1. The van der Waals surface area contributed by atoms with Crippen LogP contribution in [0.25, 0.3) is 17.1 Å². The molecule has 0 radical (unpaired) electrons. The number of hydrogen-bond donors (Lipinski definition) is 1. The van der Waals surface area contributed by atoms with Crippen LogP contribution in [0.5, 0.6) is 5.75 Å². The van der Waals surface area contributed by atoms with Crippen molar-refractivity contribution in [2.45, 2.75) is 12.1 Å². The van der Waals surface area contributed by atoms with Gasteiger partial charge >= 0.3 is 0 Å². The second-order valence-corrected chi connectivity index (χ2v) is 8.09. The molecule has 0 atom stereocenters. The van der Waals surface area contributed by atoms with E-state index in [4.69, 9.17) is 4.74 Å². The summed E-state index contributed by atoms with van der Waals surface area (Å²) in [4.78, 5) is 12.4. The second-order valence-electron chi connectivity index (χ2n) is 7.14. The van der Waals surface area contributed by atoms with Gasteiger partial charge in [0.05, 0.1) is 19.1 Å². The number of thioether (sulfide) groups is 1. The Morgan fingerprint density at radius 2 is 1.76 bits per heavy atom. The van der Waals surface area contributed by atoms with Gasteiger partial charge in [0, 0.05) is 11.3 Å². The van der Waals surface area contributed by atoms with Crippen molar-refractivity contribution in [2.75, 3.05) is 12.9 Å². The van der Waals surface area contributed by atoms with Crippen molar-refractivity contribution in [3.05, 3.63) is 90.0 Å². The molecule has 1 amide bonds. The Morgan fingerprint density at radius 3 is 2.48 bits per heavy atom. The lowest BCUT2D eigenvalue weighted by Gasteiger charge is -2.11. The minimum absolute atomic E-state index is 0.147. The van der Waals surface area contributed by atoms with E-state index in [1.54, 1.807) is 13.3 Å². The summed E-state index contributed by atoms with van der Waals surface area (Å²) in [5.74, 6) is 1.37. The number of carbonyl (C=O) groups excluding carboxylic acids is 1. The standard InChI is InChI=1S/C25H23N5O2S/c1-18-8-6-7-11-20(18)16-26-27-23(31)17-33-25-29-28-24(19-9-4-3-5-10-19)30(25)21-12-14-22(32-2)15-13-21/h3-16H,17H2,1-2H3,(H,27,31)/b26-16-. The van der Waals surface area contributed by atoms with Crippen molar-refractivity contribution in [3.8, 4) is 22.8 Å². The first-order valence-electron chi connectivity index (χ1n) is 10.3. The maximum atomic E-state index is 12.4. The van der Waals surface area contributed by atoms with E-state index in [1.165, 1.54) is 11.8 Å². The van der Waals surface area contributed by atoms with Crippen molar-refractivity contribution < 1.29 is 9.53 Å². The summed E-state index contributed by atoms with van der Waals surface area (Å²) in [6.45, 7) is 2.00. The topological polar surface area (TPSA) is 81.4 Å². The van der Waals surface area contributed by atoms with E-state index in [9.17, 15) is 4.79 Å². The molecule has 0 aliphatic rings. The van der Waals surface area contributed by atoms with Gasteiger partial charge < -0.3 is 4.74 Å². The summed E-state index contributed by atoms with van der Waals surface area (Å²) in [6.07, 6.45) is 1.64. The predicted octanol–water partition coefficient (Wildman–Crippen LogP) is 4.49. The summed E-state index contributed by atoms with van der Waals surface area (Å²) in [5, 5.41) is 13.4. The Bertz CT molecular complexity index is 1250. The summed E-state index contributed by atoms with van der Waals surface area (Å²) in [6, 6.07) is 25.3. The highest BCUT2D eigenvalue weighted by Crippen LogP contribution is 2.28. The van der Waals surface area contributed by atoms with Gasteiger partial charge in [0.25, 0.3) is 5.91 Å². The lowest BCUT2D eigenvalue weighted by atomic mass is 10.1. The molecule has 0 saturated heterocycles. The zero-order chi connectivity index (χ0) is 23.0. The molecule has 0 aliphatic carbocycles. The average Bonchev–Trinajstić information content (AvgIpc) is 3.28. The molecule has 4 aromatic rings. The molecule has 0 bridgehead atoms. The van der Waals surface area contributed by atoms with E-state index in [2.05, 4.69) is 20.7 Å². The van der Waals surface area contributed by atoms with Gasteiger partial charge in [-0.05, 0) is 42.3 Å².